The van der Waals surface area contributed by atoms with E-state index in [2.05, 4.69) is 50.5 Å². The highest BCUT2D eigenvalue weighted by Gasteiger charge is 2.31. The molecule has 1 unspecified atom stereocenters. The molecule has 120 valence electrons. The van der Waals surface area contributed by atoms with Gasteiger partial charge in [-0.3, -0.25) is 4.79 Å². The zero-order valence-electron chi connectivity index (χ0n) is 12.9. The van der Waals surface area contributed by atoms with E-state index < -0.39 is 0 Å². The third-order valence-electron chi connectivity index (χ3n) is 4.08. The summed E-state index contributed by atoms with van der Waals surface area (Å²) >= 11 is 3.36. The quantitative estimate of drug-likeness (QED) is 0.842. The number of halogens is 1. The number of carbonyl (C=O) groups excluding carboxylic acids is 1. The van der Waals surface area contributed by atoms with E-state index in [-0.39, 0.29) is 11.9 Å². The summed E-state index contributed by atoms with van der Waals surface area (Å²) in [5.41, 5.74) is 1.33. The van der Waals surface area contributed by atoms with Crippen molar-refractivity contribution in [2.75, 3.05) is 18.4 Å². The molecule has 1 N–H and O–H groups in total. The fourth-order valence-corrected chi connectivity index (χ4v) is 3.09. The minimum Gasteiger partial charge on any atom is -0.358 e. The van der Waals surface area contributed by atoms with Crippen LogP contribution in [0.15, 0.2) is 53.1 Å². The smallest absolute Gasteiger partial charge is 0.245 e. The maximum absolute atomic E-state index is 12.4. The Bertz CT molecular complexity index is 645. The number of benzene rings is 1. The van der Waals surface area contributed by atoms with E-state index in [1.165, 1.54) is 5.56 Å². The van der Waals surface area contributed by atoms with Crippen LogP contribution in [-0.2, 0) is 11.2 Å². The summed E-state index contributed by atoms with van der Waals surface area (Å²) in [6.45, 7) is 1.64. The number of likely N-dealkylation sites (tertiary alicyclic amines) is 1. The van der Waals surface area contributed by atoms with Gasteiger partial charge in [0.15, 0.2) is 0 Å². The average Bonchev–Trinajstić information content (AvgIpc) is 2.91. The zero-order valence-corrected chi connectivity index (χ0v) is 14.5. The molecule has 0 aliphatic carbocycles. The van der Waals surface area contributed by atoms with Gasteiger partial charge in [0.2, 0.25) is 5.91 Å². The van der Waals surface area contributed by atoms with Crippen molar-refractivity contribution in [3.05, 3.63) is 58.7 Å². The van der Waals surface area contributed by atoms with Gasteiger partial charge in [-0.2, -0.15) is 0 Å². The summed E-state index contributed by atoms with van der Waals surface area (Å²) < 4.78 is 0.934. The molecular weight excluding hydrogens is 354 g/mol. The van der Waals surface area contributed by atoms with Crippen molar-refractivity contribution in [2.24, 2.45) is 0 Å². The van der Waals surface area contributed by atoms with Gasteiger partial charge in [0, 0.05) is 23.8 Å². The molecule has 1 saturated heterocycles. The van der Waals surface area contributed by atoms with Gasteiger partial charge in [-0.25, -0.2) is 4.98 Å². The fourth-order valence-electron chi connectivity index (χ4n) is 2.85. The summed E-state index contributed by atoms with van der Waals surface area (Å²) in [6.07, 6.45) is 4.58. The first-order chi connectivity index (χ1) is 11.2. The molecule has 4 nitrogen and oxygen atoms in total. The average molecular weight is 374 g/mol. The van der Waals surface area contributed by atoms with Crippen LogP contribution in [0.5, 0.6) is 0 Å². The zero-order chi connectivity index (χ0) is 16.1. The van der Waals surface area contributed by atoms with Crippen molar-refractivity contribution in [3.63, 3.8) is 0 Å². The molecule has 1 atom stereocenters. The molecule has 0 bridgehead atoms. The molecule has 1 aliphatic rings. The van der Waals surface area contributed by atoms with E-state index in [4.69, 9.17) is 0 Å². The number of nitrogens with one attached hydrogen (secondary N) is 1. The van der Waals surface area contributed by atoms with E-state index >= 15 is 0 Å². The van der Waals surface area contributed by atoms with Crippen LogP contribution in [0.25, 0.3) is 0 Å². The van der Waals surface area contributed by atoms with Crippen molar-refractivity contribution in [2.45, 2.75) is 25.3 Å². The molecule has 23 heavy (non-hydrogen) atoms. The molecular formula is C18H20BrN3O. The number of aryl methyl sites for hydroxylation is 1. The predicted octanol–water partition coefficient (Wildman–Crippen LogP) is 3.49. The number of anilines is 1. The minimum atomic E-state index is -0.152. The van der Waals surface area contributed by atoms with Gasteiger partial charge in [0.05, 0.1) is 0 Å². The van der Waals surface area contributed by atoms with Crippen molar-refractivity contribution in [1.29, 1.82) is 0 Å². The molecule has 0 radical (unpaired) electrons. The number of hydrogen-bond donors (Lipinski definition) is 1. The Morgan fingerprint density at radius 3 is 2.78 bits per heavy atom. The van der Waals surface area contributed by atoms with E-state index in [0.717, 1.165) is 42.6 Å². The molecule has 5 heteroatoms. The van der Waals surface area contributed by atoms with Crippen LogP contribution >= 0.6 is 15.9 Å². The first-order valence-corrected chi connectivity index (χ1v) is 8.72. The van der Waals surface area contributed by atoms with Crippen molar-refractivity contribution in [1.82, 2.24) is 9.88 Å². The summed E-state index contributed by atoms with van der Waals surface area (Å²) in [5, 5.41) is 3.23. The summed E-state index contributed by atoms with van der Waals surface area (Å²) in [5.74, 6) is 0.931. The Hall–Kier alpha value is -1.88. The summed E-state index contributed by atoms with van der Waals surface area (Å²) in [7, 11) is 0. The number of hydrogen-bond acceptors (Lipinski definition) is 3. The largest absolute Gasteiger partial charge is 0.358 e. The van der Waals surface area contributed by atoms with E-state index in [1.54, 1.807) is 6.20 Å². The molecule has 1 aliphatic heterocycles. The maximum Gasteiger partial charge on any atom is 0.245 e. The van der Waals surface area contributed by atoms with E-state index in [0.29, 0.717) is 0 Å². The standard InChI is InChI=1S/C18H20BrN3O/c19-15-8-9-17(20-13-15)21-16-10-12-22(18(16)23)11-4-7-14-5-2-1-3-6-14/h1-3,5-6,8-9,13,16H,4,7,10-12H2,(H,20,21). The number of pyridine rings is 1. The van der Waals surface area contributed by atoms with Gasteiger partial charge in [-0.15, -0.1) is 0 Å². The van der Waals surface area contributed by atoms with Crippen molar-refractivity contribution >= 4 is 27.7 Å². The molecule has 2 heterocycles. The van der Waals surface area contributed by atoms with Crippen LogP contribution in [0.1, 0.15) is 18.4 Å². The SMILES string of the molecule is O=C1C(Nc2ccc(Br)cn2)CCN1CCCc1ccccc1. The van der Waals surface area contributed by atoms with Gasteiger partial charge in [0.25, 0.3) is 0 Å². The highest BCUT2D eigenvalue weighted by atomic mass is 79.9. The lowest BCUT2D eigenvalue weighted by molar-refractivity contribution is -0.128. The highest BCUT2D eigenvalue weighted by molar-refractivity contribution is 9.10. The number of carbonyl (C=O) groups is 1. The monoisotopic (exact) mass is 373 g/mol. The fraction of sp³-hybridized carbons (Fsp3) is 0.333. The van der Waals surface area contributed by atoms with Gasteiger partial charge >= 0.3 is 0 Å². The second-order valence-corrected chi connectivity index (χ2v) is 6.68. The third-order valence-corrected chi connectivity index (χ3v) is 4.55. The van der Waals surface area contributed by atoms with Crippen LogP contribution in [-0.4, -0.2) is 34.9 Å². The van der Waals surface area contributed by atoms with Crippen molar-refractivity contribution < 1.29 is 4.79 Å². The minimum absolute atomic E-state index is 0.152. The highest BCUT2D eigenvalue weighted by Crippen LogP contribution is 2.18. The van der Waals surface area contributed by atoms with Gasteiger partial charge < -0.3 is 10.2 Å². The molecule has 2 aromatic rings. The Balaban J connectivity index is 1.47. The van der Waals surface area contributed by atoms with Crippen LogP contribution in [0.2, 0.25) is 0 Å². The molecule has 1 amide bonds. The van der Waals surface area contributed by atoms with Gasteiger partial charge in [-0.1, -0.05) is 30.3 Å². The molecule has 1 fully saturated rings. The molecule has 0 spiro atoms. The second-order valence-electron chi connectivity index (χ2n) is 5.76. The number of rotatable bonds is 6. The first-order valence-electron chi connectivity index (χ1n) is 7.93. The lowest BCUT2D eigenvalue weighted by Crippen LogP contribution is -2.34. The predicted molar refractivity (Wildman–Crippen MR) is 95.3 cm³/mol. The Kier molecular flexibility index (Phi) is 5.28. The van der Waals surface area contributed by atoms with Crippen LogP contribution in [0.4, 0.5) is 5.82 Å². The summed E-state index contributed by atoms with van der Waals surface area (Å²) in [6, 6.07) is 14.1. The number of aromatic nitrogens is 1. The normalized spacial score (nSPS) is 17.5. The van der Waals surface area contributed by atoms with Crippen LogP contribution < -0.4 is 5.32 Å². The lowest BCUT2D eigenvalue weighted by Gasteiger charge is -2.17. The summed E-state index contributed by atoms with van der Waals surface area (Å²) in [4.78, 5) is 18.7. The molecule has 3 rings (SSSR count). The topological polar surface area (TPSA) is 45.2 Å². The van der Waals surface area contributed by atoms with E-state index in [1.807, 2.05) is 23.1 Å². The number of nitrogens with zero attached hydrogens (tertiary/aromatic N) is 2. The molecule has 0 saturated carbocycles. The second kappa shape index (κ2) is 7.59. The number of amides is 1. The Morgan fingerprint density at radius 1 is 1.22 bits per heavy atom. The molecule has 1 aromatic carbocycles. The van der Waals surface area contributed by atoms with E-state index in [9.17, 15) is 4.79 Å². The van der Waals surface area contributed by atoms with Crippen LogP contribution in [0.3, 0.4) is 0 Å². The maximum atomic E-state index is 12.4. The van der Waals surface area contributed by atoms with Gasteiger partial charge in [-0.05, 0) is 52.9 Å². The lowest BCUT2D eigenvalue weighted by atomic mass is 10.1. The Morgan fingerprint density at radius 2 is 2.04 bits per heavy atom. The van der Waals surface area contributed by atoms with Crippen molar-refractivity contribution in [3.8, 4) is 0 Å². The first kappa shape index (κ1) is 16.0. The van der Waals surface area contributed by atoms with Gasteiger partial charge in [0.1, 0.15) is 11.9 Å². The van der Waals surface area contributed by atoms with Crippen LogP contribution in [0, 0.1) is 0 Å². The molecule has 1 aromatic heterocycles. The Labute approximate surface area is 145 Å². The third kappa shape index (κ3) is 4.32.